The average molecular weight is 367 g/mol. The van der Waals surface area contributed by atoms with Gasteiger partial charge in [-0.3, -0.25) is 14.5 Å². The summed E-state index contributed by atoms with van der Waals surface area (Å²) in [5, 5.41) is 8.08. The molecule has 1 saturated carbocycles. The maximum absolute atomic E-state index is 13.0. The molecule has 1 aliphatic carbocycles. The van der Waals surface area contributed by atoms with E-state index in [0.29, 0.717) is 17.4 Å². The summed E-state index contributed by atoms with van der Waals surface area (Å²) in [5.41, 5.74) is 1.39. The second-order valence-electron chi connectivity index (χ2n) is 6.62. The number of anilines is 1. The summed E-state index contributed by atoms with van der Waals surface area (Å²) in [4.78, 5) is 17.3. The van der Waals surface area contributed by atoms with Gasteiger partial charge in [0.05, 0.1) is 17.7 Å². The zero-order chi connectivity index (χ0) is 18.0. The van der Waals surface area contributed by atoms with E-state index in [4.69, 9.17) is 11.6 Å². The number of benzene rings is 1. The number of nitrogens with zero attached hydrogens (tertiary/aromatic N) is 3. The Labute approximate surface area is 157 Å². The fourth-order valence-corrected chi connectivity index (χ4v) is 3.56. The molecule has 4 rings (SSSR count). The Morgan fingerprint density at radius 2 is 2.08 bits per heavy atom. The molecule has 5 nitrogen and oxygen atoms in total. The molecule has 0 bridgehead atoms. The largest absolute Gasteiger partial charge is 0.308 e. The number of pyridine rings is 1. The first-order chi connectivity index (χ1) is 12.7. The normalized spacial score (nSPS) is 15.3. The number of hydrogen-bond donors (Lipinski definition) is 1. The Bertz CT molecular complexity index is 918. The molecule has 0 radical (unpaired) electrons. The molecule has 132 valence electrons. The van der Waals surface area contributed by atoms with Gasteiger partial charge in [0.25, 0.3) is 0 Å². The second kappa shape index (κ2) is 6.92. The smallest absolute Gasteiger partial charge is 0.236 e. The van der Waals surface area contributed by atoms with Crippen LogP contribution in [0.3, 0.4) is 0 Å². The second-order valence-corrected chi connectivity index (χ2v) is 7.06. The molecule has 1 fully saturated rings. The van der Waals surface area contributed by atoms with Gasteiger partial charge in [0.15, 0.2) is 5.82 Å². The summed E-state index contributed by atoms with van der Waals surface area (Å²) >= 11 is 6.12. The first-order valence-electron chi connectivity index (χ1n) is 8.67. The first-order valence-corrected chi connectivity index (χ1v) is 9.04. The molecule has 6 heteroatoms. The summed E-state index contributed by atoms with van der Waals surface area (Å²) < 4.78 is 1.77. The SMILES string of the molecule is O=C(Nc1ccn(Cc2ccccn2)n1)C1(c2cccc(Cl)c2)CCC1. The van der Waals surface area contributed by atoms with Crippen molar-refractivity contribution in [2.75, 3.05) is 5.32 Å². The molecule has 1 aliphatic rings. The van der Waals surface area contributed by atoms with Crippen LogP contribution in [-0.4, -0.2) is 20.7 Å². The van der Waals surface area contributed by atoms with E-state index < -0.39 is 5.41 Å². The molecule has 2 aromatic heterocycles. The summed E-state index contributed by atoms with van der Waals surface area (Å²) in [6, 6.07) is 15.2. The van der Waals surface area contributed by atoms with Crippen LogP contribution in [0.25, 0.3) is 0 Å². The zero-order valence-corrected chi connectivity index (χ0v) is 15.0. The third-order valence-corrected chi connectivity index (χ3v) is 5.19. The zero-order valence-electron chi connectivity index (χ0n) is 14.2. The monoisotopic (exact) mass is 366 g/mol. The maximum Gasteiger partial charge on any atom is 0.236 e. The van der Waals surface area contributed by atoms with Crippen molar-refractivity contribution in [1.82, 2.24) is 14.8 Å². The quantitative estimate of drug-likeness (QED) is 0.741. The summed E-state index contributed by atoms with van der Waals surface area (Å²) in [6.07, 6.45) is 6.29. The fraction of sp³-hybridized carbons (Fsp3) is 0.250. The van der Waals surface area contributed by atoms with E-state index in [0.717, 1.165) is 30.5 Å². The standard InChI is InChI=1S/C20H19ClN4O/c21-16-6-3-5-15(13-16)20(9-4-10-20)19(26)23-18-8-12-25(24-18)14-17-7-1-2-11-22-17/h1-3,5-8,11-13H,4,9-10,14H2,(H,23,24,26). The maximum atomic E-state index is 13.0. The van der Waals surface area contributed by atoms with Crippen LogP contribution in [0.2, 0.25) is 5.02 Å². The molecule has 2 heterocycles. The van der Waals surface area contributed by atoms with Gasteiger partial charge in [-0.1, -0.05) is 36.2 Å². The number of halogens is 1. The molecular formula is C20H19ClN4O. The number of carbonyl (C=O) groups is 1. The van der Waals surface area contributed by atoms with Crippen molar-refractivity contribution in [2.45, 2.75) is 31.2 Å². The predicted octanol–water partition coefficient (Wildman–Crippen LogP) is 4.04. The lowest BCUT2D eigenvalue weighted by molar-refractivity contribution is -0.124. The number of amides is 1. The molecule has 0 atom stereocenters. The van der Waals surface area contributed by atoms with Gasteiger partial charge >= 0.3 is 0 Å². The van der Waals surface area contributed by atoms with E-state index >= 15 is 0 Å². The van der Waals surface area contributed by atoms with Crippen LogP contribution in [0.5, 0.6) is 0 Å². The highest BCUT2D eigenvalue weighted by Crippen LogP contribution is 2.45. The summed E-state index contributed by atoms with van der Waals surface area (Å²) in [7, 11) is 0. The topological polar surface area (TPSA) is 59.8 Å². The molecule has 0 unspecified atom stereocenters. The van der Waals surface area contributed by atoms with Gasteiger partial charge in [0.1, 0.15) is 0 Å². The Balaban J connectivity index is 1.49. The van der Waals surface area contributed by atoms with Crippen molar-refractivity contribution >= 4 is 23.3 Å². The lowest BCUT2D eigenvalue weighted by Crippen LogP contribution is -2.46. The van der Waals surface area contributed by atoms with Crippen molar-refractivity contribution in [3.8, 4) is 0 Å². The first kappa shape index (κ1) is 16.8. The van der Waals surface area contributed by atoms with Crippen molar-refractivity contribution in [3.05, 3.63) is 77.2 Å². The molecule has 26 heavy (non-hydrogen) atoms. The Hall–Kier alpha value is -2.66. The number of aromatic nitrogens is 3. The van der Waals surface area contributed by atoms with Gasteiger partial charge in [-0.2, -0.15) is 5.10 Å². The van der Waals surface area contributed by atoms with Gasteiger partial charge in [-0.15, -0.1) is 0 Å². The highest BCUT2D eigenvalue weighted by atomic mass is 35.5. The number of nitrogens with one attached hydrogen (secondary N) is 1. The fourth-order valence-electron chi connectivity index (χ4n) is 3.37. The van der Waals surface area contributed by atoms with Gasteiger partial charge in [-0.05, 0) is 42.7 Å². The molecule has 0 aliphatic heterocycles. The molecule has 3 aromatic rings. The van der Waals surface area contributed by atoms with Crippen LogP contribution in [0.4, 0.5) is 5.82 Å². The summed E-state index contributed by atoms with van der Waals surface area (Å²) in [6.45, 7) is 0.566. The Morgan fingerprint density at radius 3 is 2.77 bits per heavy atom. The van der Waals surface area contributed by atoms with E-state index in [1.807, 2.05) is 54.7 Å². The average Bonchev–Trinajstić information content (AvgIpc) is 3.02. The minimum absolute atomic E-state index is 0.0193. The van der Waals surface area contributed by atoms with Crippen molar-refractivity contribution < 1.29 is 4.79 Å². The van der Waals surface area contributed by atoms with Crippen LogP contribution in [-0.2, 0) is 16.8 Å². The van der Waals surface area contributed by atoms with Crippen molar-refractivity contribution in [1.29, 1.82) is 0 Å². The van der Waals surface area contributed by atoms with Crippen molar-refractivity contribution in [2.24, 2.45) is 0 Å². The minimum Gasteiger partial charge on any atom is -0.308 e. The number of rotatable bonds is 5. The third-order valence-electron chi connectivity index (χ3n) is 4.95. The molecule has 0 saturated heterocycles. The molecule has 0 spiro atoms. The highest BCUT2D eigenvalue weighted by molar-refractivity contribution is 6.30. The van der Waals surface area contributed by atoms with E-state index in [2.05, 4.69) is 15.4 Å². The van der Waals surface area contributed by atoms with Crippen LogP contribution in [0, 0.1) is 0 Å². The van der Waals surface area contributed by atoms with Gasteiger partial charge in [0, 0.05) is 23.5 Å². The third kappa shape index (κ3) is 3.22. The highest BCUT2D eigenvalue weighted by Gasteiger charge is 2.45. The number of carbonyl (C=O) groups excluding carboxylic acids is 1. The van der Waals surface area contributed by atoms with E-state index in [9.17, 15) is 4.79 Å². The lowest BCUT2D eigenvalue weighted by Gasteiger charge is -2.40. The predicted molar refractivity (Wildman–Crippen MR) is 101 cm³/mol. The molecular weight excluding hydrogens is 348 g/mol. The Kier molecular flexibility index (Phi) is 4.47. The minimum atomic E-state index is -0.504. The van der Waals surface area contributed by atoms with Crippen LogP contribution < -0.4 is 5.32 Å². The Morgan fingerprint density at radius 1 is 1.19 bits per heavy atom. The van der Waals surface area contributed by atoms with Crippen molar-refractivity contribution in [3.63, 3.8) is 0 Å². The van der Waals surface area contributed by atoms with Crippen LogP contribution in [0.15, 0.2) is 60.9 Å². The van der Waals surface area contributed by atoms with Gasteiger partial charge in [-0.25, -0.2) is 0 Å². The van der Waals surface area contributed by atoms with Crippen LogP contribution >= 0.6 is 11.6 Å². The van der Waals surface area contributed by atoms with Crippen LogP contribution in [0.1, 0.15) is 30.5 Å². The summed E-state index contributed by atoms with van der Waals surface area (Å²) in [5.74, 6) is 0.535. The lowest BCUT2D eigenvalue weighted by atomic mass is 9.64. The van der Waals surface area contributed by atoms with E-state index in [1.165, 1.54) is 0 Å². The van der Waals surface area contributed by atoms with Gasteiger partial charge < -0.3 is 5.32 Å². The number of hydrogen-bond acceptors (Lipinski definition) is 3. The van der Waals surface area contributed by atoms with E-state index in [1.54, 1.807) is 10.9 Å². The van der Waals surface area contributed by atoms with Gasteiger partial charge in [0.2, 0.25) is 5.91 Å². The van der Waals surface area contributed by atoms with E-state index in [-0.39, 0.29) is 5.91 Å². The molecule has 1 N–H and O–H groups in total. The molecule has 1 amide bonds. The molecule has 1 aromatic carbocycles.